The first kappa shape index (κ1) is 17.5. The van der Waals surface area contributed by atoms with Gasteiger partial charge in [-0.25, -0.2) is 13.1 Å². The van der Waals surface area contributed by atoms with Crippen LogP contribution in [0.25, 0.3) is 0 Å². The van der Waals surface area contributed by atoms with Crippen LogP contribution in [0, 0.1) is 0 Å². The number of sulfonamides is 1. The van der Waals surface area contributed by atoms with Crippen LogP contribution in [0.2, 0.25) is 0 Å². The highest BCUT2D eigenvalue weighted by Crippen LogP contribution is 2.20. The molecule has 2 rings (SSSR count). The molecule has 5 heteroatoms. The zero-order valence-electron chi connectivity index (χ0n) is 13.7. The normalized spacial score (nSPS) is 12.8. The van der Waals surface area contributed by atoms with Gasteiger partial charge in [-0.1, -0.05) is 37.6 Å². The molecule has 0 saturated carbocycles. The van der Waals surface area contributed by atoms with Gasteiger partial charge in [-0.2, -0.15) is 0 Å². The van der Waals surface area contributed by atoms with Crippen LogP contribution in [0.1, 0.15) is 37.4 Å². The third-order valence-corrected chi connectivity index (χ3v) is 5.28. The average Bonchev–Trinajstić information content (AvgIpc) is 2.55. The Kier molecular flexibility index (Phi) is 5.80. The fourth-order valence-corrected chi connectivity index (χ4v) is 3.62. The van der Waals surface area contributed by atoms with Crippen molar-refractivity contribution in [1.29, 1.82) is 0 Å². The number of benzene rings is 2. The molecular formula is C18H23NO3S. The number of hydrogen-bond donors (Lipinski definition) is 1. The lowest BCUT2D eigenvalue weighted by Crippen LogP contribution is -2.26. The summed E-state index contributed by atoms with van der Waals surface area (Å²) in [6, 6.07) is 14.1. The average molecular weight is 333 g/mol. The quantitative estimate of drug-likeness (QED) is 0.841. The van der Waals surface area contributed by atoms with Crippen molar-refractivity contribution in [1.82, 2.24) is 4.72 Å². The van der Waals surface area contributed by atoms with Crippen LogP contribution >= 0.6 is 0 Å². The Hall–Kier alpha value is -1.85. The number of hydrogen-bond acceptors (Lipinski definition) is 3. The Bertz CT molecular complexity index is 722. The van der Waals surface area contributed by atoms with E-state index in [4.69, 9.17) is 4.74 Å². The van der Waals surface area contributed by atoms with Gasteiger partial charge in [0.25, 0.3) is 0 Å². The highest BCUT2D eigenvalue weighted by Gasteiger charge is 2.18. The Morgan fingerprint density at radius 1 is 1.04 bits per heavy atom. The Balaban J connectivity index is 2.12. The van der Waals surface area contributed by atoms with Crippen LogP contribution in [0.4, 0.5) is 0 Å². The maximum Gasteiger partial charge on any atom is 0.241 e. The van der Waals surface area contributed by atoms with Gasteiger partial charge in [0.15, 0.2) is 0 Å². The Morgan fingerprint density at radius 2 is 1.65 bits per heavy atom. The van der Waals surface area contributed by atoms with Crippen molar-refractivity contribution < 1.29 is 13.2 Å². The molecule has 0 amide bonds. The molecule has 0 saturated heterocycles. The van der Waals surface area contributed by atoms with Crippen molar-refractivity contribution in [2.45, 2.75) is 37.6 Å². The lowest BCUT2D eigenvalue weighted by molar-refractivity contribution is 0.414. The van der Waals surface area contributed by atoms with Crippen molar-refractivity contribution in [2.24, 2.45) is 0 Å². The maximum absolute atomic E-state index is 12.4. The van der Waals surface area contributed by atoms with E-state index in [0.29, 0.717) is 5.75 Å². The monoisotopic (exact) mass is 333 g/mol. The van der Waals surface area contributed by atoms with Crippen LogP contribution in [-0.2, 0) is 16.4 Å². The van der Waals surface area contributed by atoms with Gasteiger partial charge in [-0.15, -0.1) is 0 Å². The molecule has 0 spiro atoms. The smallest absolute Gasteiger partial charge is 0.241 e. The summed E-state index contributed by atoms with van der Waals surface area (Å²) in [5, 5.41) is 0. The lowest BCUT2D eigenvalue weighted by atomic mass is 10.0. The molecule has 0 aromatic heterocycles. The fraction of sp³-hybridized carbons (Fsp3) is 0.333. The maximum atomic E-state index is 12.4. The SMILES string of the molecule is CCCc1ccc(C(C)NS(=O)(=O)c2ccc(OC)cc2)cc1. The van der Waals surface area contributed by atoms with E-state index in [1.807, 2.05) is 19.1 Å². The van der Waals surface area contributed by atoms with Gasteiger partial charge in [-0.05, 0) is 48.7 Å². The van der Waals surface area contributed by atoms with E-state index in [-0.39, 0.29) is 10.9 Å². The van der Waals surface area contributed by atoms with E-state index in [9.17, 15) is 8.42 Å². The number of aryl methyl sites for hydroxylation is 1. The zero-order chi connectivity index (χ0) is 16.9. The molecule has 0 aliphatic rings. The van der Waals surface area contributed by atoms with Gasteiger partial charge in [0, 0.05) is 6.04 Å². The molecule has 0 heterocycles. The van der Waals surface area contributed by atoms with E-state index in [2.05, 4.69) is 23.8 Å². The second-order valence-electron chi connectivity index (χ2n) is 5.51. The van der Waals surface area contributed by atoms with Gasteiger partial charge in [0.05, 0.1) is 12.0 Å². The minimum absolute atomic E-state index is 0.229. The highest BCUT2D eigenvalue weighted by atomic mass is 32.2. The summed E-state index contributed by atoms with van der Waals surface area (Å²) in [6.07, 6.45) is 2.13. The molecule has 124 valence electrons. The van der Waals surface area contributed by atoms with E-state index in [1.54, 1.807) is 19.2 Å². The number of methoxy groups -OCH3 is 1. The van der Waals surface area contributed by atoms with Crippen molar-refractivity contribution in [2.75, 3.05) is 7.11 Å². The molecule has 1 unspecified atom stereocenters. The third kappa shape index (κ3) is 4.56. The molecule has 2 aromatic carbocycles. The summed E-state index contributed by atoms with van der Waals surface area (Å²) in [5.41, 5.74) is 2.21. The van der Waals surface area contributed by atoms with Gasteiger partial charge < -0.3 is 4.74 Å². The zero-order valence-corrected chi connectivity index (χ0v) is 14.6. The summed E-state index contributed by atoms with van der Waals surface area (Å²) in [7, 11) is -2.01. The predicted molar refractivity (Wildman–Crippen MR) is 92.2 cm³/mol. The second kappa shape index (κ2) is 7.62. The lowest BCUT2D eigenvalue weighted by Gasteiger charge is -2.15. The molecular weight excluding hydrogens is 310 g/mol. The molecule has 1 N–H and O–H groups in total. The number of rotatable bonds is 7. The predicted octanol–water partition coefficient (Wildman–Crippen LogP) is 3.69. The summed E-state index contributed by atoms with van der Waals surface area (Å²) in [5.74, 6) is 0.628. The van der Waals surface area contributed by atoms with Crippen molar-refractivity contribution in [3.05, 3.63) is 59.7 Å². The Labute approximate surface area is 138 Å². The molecule has 23 heavy (non-hydrogen) atoms. The topological polar surface area (TPSA) is 55.4 Å². The second-order valence-corrected chi connectivity index (χ2v) is 7.22. The van der Waals surface area contributed by atoms with Crippen LogP contribution in [-0.4, -0.2) is 15.5 Å². The molecule has 0 bridgehead atoms. The minimum Gasteiger partial charge on any atom is -0.497 e. The third-order valence-electron chi connectivity index (χ3n) is 3.72. The van der Waals surface area contributed by atoms with Crippen LogP contribution in [0.3, 0.4) is 0 Å². The van der Waals surface area contributed by atoms with Gasteiger partial charge in [0.1, 0.15) is 5.75 Å². The highest BCUT2D eigenvalue weighted by molar-refractivity contribution is 7.89. The molecule has 2 aromatic rings. The molecule has 0 radical (unpaired) electrons. The fourth-order valence-electron chi connectivity index (χ4n) is 2.39. The Morgan fingerprint density at radius 3 is 2.17 bits per heavy atom. The molecule has 0 fully saturated rings. The molecule has 0 aliphatic heterocycles. The first-order valence-corrected chi connectivity index (χ1v) is 9.20. The molecule has 1 atom stereocenters. The summed E-state index contributed by atoms with van der Waals surface area (Å²) >= 11 is 0. The number of nitrogens with one attached hydrogen (secondary N) is 1. The number of ether oxygens (including phenoxy) is 1. The summed E-state index contributed by atoms with van der Waals surface area (Å²) in [6.45, 7) is 3.98. The first-order valence-electron chi connectivity index (χ1n) is 7.71. The first-order chi connectivity index (χ1) is 11.0. The van der Waals surface area contributed by atoms with Gasteiger partial charge in [0.2, 0.25) is 10.0 Å². The van der Waals surface area contributed by atoms with Crippen molar-refractivity contribution in [3.8, 4) is 5.75 Å². The molecule has 0 aliphatic carbocycles. The summed E-state index contributed by atoms with van der Waals surface area (Å²) < 4.78 is 32.6. The van der Waals surface area contributed by atoms with Crippen molar-refractivity contribution >= 4 is 10.0 Å². The van der Waals surface area contributed by atoms with E-state index < -0.39 is 10.0 Å². The van der Waals surface area contributed by atoms with Gasteiger partial charge in [-0.3, -0.25) is 0 Å². The van der Waals surface area contributed by atoms with Gasteiger partial charge >= 0.3 is 0 Å². The van der Waals surface area contributed by atoms with Crippen molar-refractivity contribution in [3.63, 3.8) is 0 Å². The van der Waals surface area contributed by atoms with E-state index in [1.165, 1.54) is 17.7 Å². The largest absolute Gasteiger partial charge is 0.497 e. The standard InChI is InChI=1S/C18H23NO3S/c1-4-5-15-6-8-16(9-7-15)14(2)19-23(20,21)18-12-10-17(22-3)11-13-18/h6-14,19H,4-5H2,1-3H3. The molecule has 4 nitrogen and oxygen atoms in total. The van der Waals surface area contributed by atoms with E-state index >= 15 is 0 Å². The van der Waals surface area contributed by atoms with E-state index in [0.717, 1.165) is 18.4 Å². The summed E-state index contributed by atoms with van der Waals surface area (Å²) in [4.78, 5) is 0.229. The minimum atomic E-state index is -3.56. The van der Waals surface area contributed by atoms with Crippen LogP contribution < -0.4 is 9.46 Å². The van der Waals surface area contributed by atoms with Crippen LogP contribution in [0.5, 0.6) is 5.75 Å². The van der Waals surface area contributed by atoms with Crippen LogP contribution in [0.15, 0.2) is 53.4 Å².